The number of thiophene rings is 2. The van der Waals surface area contributed by atoms with E-state index in [0.717, 1.165) is 40.1 Å². The van der Waals surface area contributed by atoms with E-state index in [1.54, 1.807) is 47.0 Å². The second kappa shape index (κ2) is 13.5. The highest BCUT2D eigenvalue weighted by molar-refractivity contribution is 7.13. The maximum atomic E-state index is 12.4. The Balaban J connectivity index is 1.30. The Bertz CT molecular complexity index is 1560. The number of allylic oxidation sites excluding steroid dienone is 6. The fourth-order valence-corrected chi connectivity index (χ4v) is 6.95. The minimum Gasteiger partial charge on any atom is -0.290 e. The van der Waals surface area contributed by atoms with E-state index in [1.807, 2.05) is 85.0 Å². The van der Waals surface area contributed by atoms with Gasteiger partial charge in [-0.15, -0.1) is 22.7 Å². The van der Waals surface area contributed by atoms with Crippen molar-refractivity contribution in [1.29, 1.82) is 0 Å². The molecular formula is C37H32O2S2. The largest absolute Gasteiger partial charge is 0.290 e. The molecule has 0 amide bonds. The number of aryl methyl sites for hydroxylation is 2. The molecule has 2 nitrogen and oxygen atoms in total. The molecule has 4 heteroatoms. The molecule has 0 fully saturated rings. The molecule has 0 unspecified atom stereocenters. The summed E-state index contributed by atoms with van der Waals surface area (Å²) in [6, 6.07) is 24.2. The predicted octanol–water partition coefficient (Wildman–Crippen LogP) is 10.1. The molecule has 41 heavy (non-hydrogen) atoms. The van der Waals surface area contributed by atoms with Gasteiger partial charge in [-0.25, -0.2) is 0 Å². The number of benzene rings is 2. The zero-order chi connectivity index (χ0) is 28.6. The standard InChI is InChI=1S/C37H32O2S2/c1-26-36(24-32(40-26)22-20-30(38)18-16-28-10-5-3-6-11-28)34-14-9-15-35(34)37-25-33(41-27(37)2)23-21-31(39)19-17-29-12-7-4-8-13-29/h3-8,10-13,16-25H,9,14-15H2,1-2H3/b18-16+,19-17+,22-20+,23-21+. The molecule has 1 aliphatic carbocycles. The van der Waals surface area contributed by atoms with Crippen LogP contribution in [-0.4, -0.2) is 11.6 Å². The smallest absolute Gasteiger partial charge is 0.178 e. The lowest BCUT2D eigenvalue weighted by molar-refractivity contribution is -0.111. The van der Waals surface area contributed by atoms with Gasteiger partial charge in [-0.3, -0.25) is 9.59 Å². The topological polar surface area (TPSA) is 34.1 Å². The lowest BCUT2D eigenvalue weighted by atomic mass is 9.97. The van der Waals surface area contributed by atoms with E-state index in [4.69, 9.17) is 0 Å². The molecule has 0 saturated carbocycles. The number of carbonyl (C=O) groups is 2. The van der Waals surface area contributed by atoms with Crippen molar-refractivity contribution in [2.45, 2.75) is 33.1 Å². The van der Waals surface area contributed by atoms with Gasteiger partial charge in [-0.2, -0.15) is 0 Å². The molecule has 0 N–H and O–H groups in total. The molecule has 204 valence electrons. The van der Waals surface area contributed by atoms with Crippen molar-refractivity contribution in [3.05, 3.63) is 139 Å². The minimum atomic E-state index is -0.0225. The van der Waals surface area contributed by atoms with Gasteiger partial charge in [0.15, 0.2) is 11.6 Å². The van der Waals surface area contributed by atoms with Crippen LogP contribution in [0.15, 0.2) is 97.1 Å². The highest BCUT2D eigenvalue weighted by Gasteiger charge is 2.22. The first-order valence-electron chi connectivity index (χ1n) is 13.8. The van der Waals surface area contributed by atoms with Gasteiger partial charge in [0.2, 0.25) is 0 Å². The monoisotopic (exact) mass is 572 g/mol. The molecule has 0 atom stereocenters. The van der Waals surface area contributed by atoms with Crippen LogP contribution in [0.3, 0.4) is 0 Å². The third-order valence-corrected chi connectivity index (χ3v) is 9.08. The van der Waals surface area contributed by atoms with Crippen molar-refractivity contribution in [2.75, 3.05) is 0 Å². The Morgan fingerprint density at radius 1 is 0.585 bits per heavy atom. The third kappa shape index (κ3) is 7.55. The van der Waals surface area contributed by atoms with Crippen LogP contribution < -0.4 is 0 Å². The summed E-state index contributed by atoms with van der Waals surface area (Å²) in [6.45, 7) is 4.33. The average molecular weight is 573 g/mol. The number of carbonyl (C=O) groups excluding carboxylic acids is 2. The molecule has 2 aromatic carbocycles. The summed E-state index contributed by atoms with van der Waals surface area (Å²) in [5.41, 5.74) is 7.42. The highest BCUT2D eigenvalue weighted by atomic mass is 32.1. The maximum absolute atomic E-state index is 12.4. The average Bonchev–Trinajstić information content (AvgIpc) is 3.71. The van der Waals surface area contributed by atoms with Crippen LogP contribution in [0.5, 0.6) is 0 Å². The summed E-state index contributed by atoms with van der Waals surface area (Å²) >= 11 is 3.46. The molecule has 0 bridgehead atoms. The zero-order valence-electron chi connectivity index (χ0n) is 23.3. The van der Waals surface area contributed by atoms with Gasteiger partial charge in [0.1, 0.15) is 0 Å². The summed E-state index contributed by atoms with van der Waals surface area (Å²) in [5, 5.41) is 0. The van der Waals surface area contributed by atoms with Crippen molar-refractivity contribution in [3.8, 4) is 0 Å². The van der Waals surface area contributed by atoms with E-state index in [-0.39, 0.29) is 11.6 Å². The van der Waals surface area contributed by atoms with Crippen molar-refractivity contribution < 1.29 is 9.59 Å². The predicted molar refractivity (Wildman–Crippen MR) is 178 cm³/mol. The molecule has 2 heterocycles. The number of hydrogen-bond donors (Lipinski definition) is 0. The van der Waals surface area contributed by atoms with E-state index in [9.17, 15) is 9.59 Å². The second-order valence-corrected chi connectivity index (χ2v) is 12.6. The molecule has 5 rings (SSSR count). The van der Waals surface area contributed by atoms with E-state index < -0.39 is 0 Å². The molecule has 0 radical (unpaired) electrons. The van der Waals surface area contributed by atoms with Gasteiger partial charge >= 0.3 is 0 Å². The zero-order valence-corrected chi connectivity index (χ0v) is 24.9. The molecular weight excluding hydrogens is 541 g/mol. The van der Waals surface area contributed by atoms with Gasteiger partial charge in [0.25, 0.3) is 0 Å². The molecule has 0 saturated heterocycles. The third-order valence-electron chi connectivity index (χ3n) is 7.04. The van der Waals surface area contributed by atoms with Gasteiger partial charge in [-0.05, 0) is 115 Å². The summed E-state index contributed by atoms with van der Waals surface area (Å²) in [6.07, 6.45) is 17.3. The van der Waals surface area contributed by atoms with Gasteiger partial charge in [-0.1, -0.05) is 72.8 Å². The first-order valence-corrected chi connectivity index (χ1v) is 15.4. The van der Waals surface area contributed by atoms with Crippen molar-refractivity contribution in [1.82, 2.24) is 0 Å². The first kappa shape index (κ1) is 28.4. The van der Waals surface area contributed by atoms with Crippen molar-refractivity contribution >= 4 is 69.7 Å². The van der Waals surface area contributed by atoms with Gasteiger partial charge in [0, 0.05) is 19.5 Å². The van der Waals surface area contributed by atoms with Crippen LogP contribution in [0.2, 0.25) is 0 Å². The van der Waals surface area contributed by atoms with Crippen molar-refractivity contribution in [3.63, 3.8) is 0 Å². The van der Waals surface area contributed by atoms with E-state index in [0.29, 0.717) is 0 Å². The Kier molecular flexibility index (Phi) is 9.35. The molecule has 0 aliphatic heterocycles. The fourth-order valence-electron chi connectivity index (χ4n) is 5.04. The Morgan fingerprint density at radius 2 is 0.976 bits per heavy atom. The number of rotatable bonds is 10. The lowest BCUT2D eigenvalue weighted by Crippen LogP contribution is -1.86. The quantitative estimate of drug-likeness (QED) is 0.177. The van der Waals surface area contributed by atoms with E-state index >= 15 is 0 Å². The minimum absolute atomic E-state index is 0.0225. The Hall–Kier alpha value is -4.12. The van der Waals surface area contributed by atoms with Gasteiger partial charge in [0.05, 0.1) is 0 Å². The number of ketones is 2. The maximum Gasteiger partial charge on any atom is 0.178 e. The molecule has 4 aromatic rings. The SMILES string of the molecule is Cc1sc(/C=C/C(=O)/C=C/c2ccccc2)cc1C1=C(c2cc(/C=C/C(=O)/C=C/c3ccccc3)sc2C)CCC1. The summed E-state index contributed by atoms with van der Waals surface area (Å²) in [5.74, 6) is -0.0449. The van der Waals surface area contributed by atoms with Crippen LogP contribution in [0.25, 0.3) is 35.5 Å². The Morgan fingerprint density at radius 3 is 1.39 bits per heavy atom. The first-order chi connectivity index (χ1) is 20.0. The van der Waals surface area contributed by atoms with Crippen LogP contribution in [0.1, 0.15) is 61.0 Å². The summed E-state index contributed by atoms with van der Waals surface area (Å²) < 4.78 is 0. The number of hydrogen-bond acceptors (Lipinski definition) is 4. The second-order valence-electron chi connectivity index (χ2n) is 10.0. The summed E-state index contributed by atoms with van der Waals surface area (Å²) in [4.78, 5) is 29.5. The van der Waals surface area contributed by atoms with Crippen molar-refractivity contribution in [2.24, 2.45) is 0 Å². The van der Waals surface area contributed by atoms with E-state index in [2.05, 4.69) is 26.0 Å². The van der Waals surface area contributed by atoms with Crippen LogP contribution in [-0.2, 0) is 9.59 Å². The molecule has 1 aliphatic rings. The molecule has 2 aromatic heterocycles. The Labute approximate surface area is 250 Å². The highest BCUT2D eigenvalue weighted by Crippen LogP contribution is 2.45. The fraction of sp³-hybridized carbons (Fsp3) is 0.135. The van der Waals surface area contributed by atoms with Crippen LogP contribution in [0.4, 0.5) is 0 Å². The van der Waals surface area contributed by atoms with Crippen LogP contribution >= 0.6 is 22.7 Å². The lowest BCUT2D eigenvalue weighted by Gasteiger charge is -2.07. The van der Waals surface area contributed by atoms with Crippen LogP contribution in [0, 0.1) is 13.8 Å². The van der Waals surface area contributed by atoms with Gasteiger partial charge < -0.3 is 0 Å². The van der Waals surface area contributed by atoms with E-state index in [1.165, 1.54) is 32.0 Å². The summed E-state index contributed by atoms with van der Waals surface area (Å²) in [7, 11) is 0. The normalized spacial score (nSPS) is 14.0. The molecule has 0 spiro atoms.